The fourth-order valence-electron chi connectivity index (χ4n) is 1.80. The molecule has 0 saturated carbocycles. The molecule has 5 nitrogen and oxygen atoms in total. The molecule has 0 bridgehead atoms. The van der Waals surface area contributed by atoms with Crippen molar-refractivity contribution in [3.05, 3.63) is 24.3 Å². The van der Waals surface area contributed by atoms with Crippen molar-refractivity contribution >= 4 is 17.6 Å². The van der Waals surface area contributed by atoms with Gasteiger partial charge in [0.15, 0.2) is 0 Å². The van der Waals surface area contributed by atoms with Gasteiger partial charge < -0.3 is 15.2 Å². The summed E-state index contributed by atoms with van der Waals surface area (Å²) in [7, 11) is 0. The number of carboxylic acid groups (broad SMARTS) is 1. The summed E-state index contributed by atoms with van der Waals surface area (Å²) in [5, 5.41) is 11.4. The molecule has 1 amide bonds. The summed E-state index contributed by atoms with van der Waals surface area (Å²) in [5.41, 5.74) is 0.664. The highest BCUT2D eigenvalue weighted by molar-refractivity contribution is 5.92. The zero-order chi connectivity index (χ0) is 15.5. The van der Waals surface area contributed by atoms with Gasteiger partial charge in [-0.15, -0.1) is 0 Å². The molecule has 0 saturated heterocycles. The Bertz CT molecular complexity index is 459. The van der Waals surface area contributed by atoms with E-state index in [0.29, 0.717) is 37.3 Å². The van der Waals surface area contributed by atoms with Crippen LogP contribution in [0.1, 0.15) is 45.4 Å². The van der Waals surface area contributed by atoms with Gasteiger partial charge in [-0.25, -0.2) is 0 Å². The molecule has 21 heavy (non-hydrogen) atoms. The van der Waals surface area contributed by atoms with Crippen LogP contribution in [0, 0.1) is 0 Å². The number of carboxylic acids is 1. The van der Waals surface area contributed by atoms with Crippen LogP contribution in [0.2, 0.25) is 0 Å². The van der Waals surface area contributed by atoms with E-state index < -0.39 is 5.97 Å². The van der Waals surface area contributed by atoms with E-state index >= 15 is 0 Å². The second-order valence-electron chi connectivity index (χ2n) is 4.85. The average Bonchev–Trinajstić information content (AvgIpc) is 2.45. The third kappa shape index (κ3) is 7.34. The molecule has 0 aliphatic carbocycles. The Labute approximate surface area is 125 Å². The summed E-state index contributed by atoms with van der Waals surface area (Å²) in [5.74, 6) is -0.276. The van der Waals surface area contributed by atoms with Crippen LogP contribution >= 0.6 is 0 Å². The molecule has 1 rings (SSSR count). The molecule has 0 spiro atoms. The summed E-state index contributed by atoms with van der Waals surface area (Å²) in [6, 6.07) is 7.34. The molecule has 0 radical (unpaired) electrons. The van der Waals surface area contributed by atoms with E-state index in [-0.39, 0.29) is 12.3 Å². The Morgan fingerprint density at radius 2 is 1.86 bits per heavy atom. The summed E-state index contributed by atoms with van der Waals surface area (Å²) in [6.07, 6.45) is 3.52. The number of carbonyl (C=O) groups excluding carboxylic acids is 1. The molecule has 1 aromatic carbocycles. The van der Waals surface area contributed by atoms with Gasteiger partial charge in [-0.05, 0) is 31.4 Å². The fraction of sp³-hybridized carbons (Fsp3) is 0.500. The van der Waals surface area contributed by atoms with E-state index in [1.807, 2.05) is 18.2 Å². The number of rotatable bonds is 10. The number of benzene rings is 1. The number of carbonyl (C=O) groups is 2. The number of unbranched alkanes of at least 4 members (excludes halogenated alkanes) is 2. The first kappa shape index (κ1) is 17.0. The first-order valence-electron chi connectivity index (χ1n) is 7.37. The predicted octanol–water partition coefficient (Wildman–Crippen LogP) is 3.45. The lowest BCUT2D eigenvalue weighted by Gasteiger charge is -2.12. The SMILES string of the molecule is CCCCOc1ccccc1NC(=O)CCCCC(=O)O. The minimum absolute atomic E-state index is 0.101. The molecule has 5 heteroatoms. The Morgan fingerprint density at radius 3 is 2.57 bits per heavy atom. The molecule has 0 atom stereocenters. The first-order chi connectivity index (χ1) is 10.1. The Hall–Kier alpha value is -2.04. The van der Waals surface area contributed by atoms with Crippen LogP contribution < -0.4 is 10.1 Å². The lowest BCUT2D eigenvalue weighted by Crippen LogP contribution is -2.12. The number of nitrogens with one attached hydrogen (secondary N) is 1. The Kier molecular flexibility index (Phi) is 7.94. The van der Waals surface area contributed by atoms with Gasteiger partial charge in [0.05, 0.1) is 12.3 Å². The van der Waals surface area contributed by atoms with Gasteiger partial charge in [-0.2, -0.15) is 0 Å². The summed E-state index contributed by atoms with van der Waals surface area (Å²) in [4.78, 5) is 22.2. The van der Waals surface area contributed by atoms with Crippen molar-refractivity contribution in [3.63, 3.8) is 0 Å². The third-order valence-corrected chi connectivity index (χ3v) is 2.96. The number of hydrogen-bond acceptors (Lipinski definition) is 3. The zero-order valence-electron chi connectivity index (χ0n) is 12.4. The van der Waals surface area contributed by atoms with Crippen molar-refractivity contribution in [2.75, 3.05) is 11.9 Å². The zero-order valence-corrected chi connectivity index (χ0v) is 12.4. The molecule has 0 unspecified atom stereocenters. The maximum Gasteiger partial charge on any atom is 0.303 e. The second-order valence-corrected chi connectivity index (χ2v) is 4.85. The lowest BCUT2D eigenvalue weighted by atomic mass is 10.2. The number of ether oxygens (including phenoxy) is 1. The molecule has 2 N–H and O–H groups in total. The van der Waals surface area contributed by atoms with Crippen molar-refractivity contribution in [2.24, 2.45) is 0 Å². The van der Waals surface area contributed by atoms with E-state index in [0.717, 1.165) is 12.8 Å². The third-order valence-electron chi connectivity index (χ3n) is 2.96. The monoisotopic (exact) mass is 293 g/mol. The summed E-state index contributed by atoms with van der Waals surface area (Å²) in [6.45, 7) is 2.72. The minimum atomic E-state index is -0.829. The van der Waals surface area contributed by atoms with E-state index in [1.54, 1.807) is 6.07 Å². The highest BCUT2D eigenvalue weighted by Gasteiger charge is 2.07. The first-order valence-corrected chi connectivity index (χ1v) is 7.37. The van der Waals surface area contributed by atoms with Gasteiger partial charge in [-0.1, -0.05) is 25.5 Å². The van der Waals surface area contributed by atoms with Crippen LogP contribution in [-0.2, 0) is 9.59 Å². The Morgan fingerprint density at radius 1 is 1.14 bits per heavy atom. The van der Waals surface area contributed by atoms with Crippen LogP contribution in [0.5, 0.6) is 5.75 Å². The quantitative estimate of drug-likeness (QED) is 0.648. The molecule has 0 heterocycles. The van der Waals surface area contributed by atoms with Gasteiger partial charge in [-0.3, -0.25) is 9.59 Å². The van der Waals surface area contributed by atoms with Crippen LogP contribution in [-0.4, -0.2) is 23.6 Å². The van der Waals surface area contributed by atoms with E-state index in [1.165, 1.54) is 0 Å². The molecule has 0 aromatic heterocycles. The smallest absolute Gasteiger partial charge is 0.303 e. The van der Waals surface area contributed by atoms with Crippen molar-refractivity contribution in [2.45, 2.75) is 45.4 Å². The highest BCUT2D eigenvalue weighted by atomic mass is 16.5. The summed E-state index contributed by atoms with van der Waals surface area (Å²) >= 11 is 0. The molecule has 116 valence electrons. The number of para-hydroxylation sites is 2. The molecule has 0 aliphatic rings. The largest absolute Gasteiger partial charge is 0.491 e. The van der Waals surface area contributed by atoms with Gasteiger partial charge >= 0.3 is 5.97 Å². The van der Waals surface area contributed by atoms with Crippen molar-refractivity contribution in [1.82, 2.24) is 0 Å². The maximum absolute atomic E-state index is 11.8. The number of anilines is 1. The van der Waals surface area contributed by atoms with Crippen LogP contribution in [0.15, 0.2) is 24.3 Å². The van der Waals surface area contributed by atoms with Crippen LogP contribution in [0.4, 0.5) is 5.69 Å². The molecule has 1 aromatic rings. The van der Waals surface area contributed by atoms with Crippen LogP contribution in [0.25, 0.3) is 0 Å². The van der Waals surface area contributed by atoms with Crippen molar-refractivity contribution in [1.29, 1.82) is 0 Å². The highest BCUT2D eigenvalue weighted by Crippen LogP contribution is 2.24. The predicted molar refractivity (Wildman–Crippen MR) is 81.6 cm³/mol. The fourth-order valence-corrected chi connectivity index (χ4v) is 1.80. The van der Waals surface area contributed by atoms with E-state index in [4.69, 9.17) is 9.84 Å². The van der Waals surface area contributed by atoms with Gasteiger partial charge in [0, 0.05) is 12.8 Å². The van der Waals surface area contributed by atoms with Crippen molar-refractivity contribution in [3.8, 4) is 5.75 Å². The lowest BCUT2D eigenvalue weighted by molar-refractivity contribution is -0.137. The van der Waals surface area contributed by atoms with Gasteiger partial charge in [0.1, 0.15) is 5.75 Å². The van der Waals surface area contributed by atoms with Gasteiger partial charge in [0.25, 0.3) is 0 Å². The second kappa shape index (κ2) is 9.80. The van der Waals surface area contributed by atoms with E-state index in [2.05, 4.69) is 12.2 Å². The standard InChI is InChI=1S/C16H23NO4/c1-2-3-12-21-14-9-5-4-8-13(14)17-15(18)10-6-7-11-16(19)20/h4-5,8-9H,2-3,6-7,10-12H2,1H3,(H,17,18)(H,19,20). The maximum atomic E-state index is 11.8. The van der Waals surface area contributed by atoms with Gasteiger partial charge in [0.2, 0.25) is 5.91 Å². The molecule has 0 fully saturated rings. The normalized spacial score (nSPS) is 10.1. The number of aliphatic carboxylic acids is 1. The van der Waals surface area contributed by atoms with Crippen molar-refractivity contribution < 1.29 is 19.4 Å². The average molecular weight is 293 g/mol. The number of amides is 1. The van der Waals surface area contributed by atoms with Crippen LogP contribution in [0.3, 0.4) is 0 Å². The minimum Gasteiger partial charge on any atom is -0.491 e. The molecular weight excluding hydrogens is 270 g/mol. The number of hydrogen-bond donors (Lipinski definition) is 2. The topological polar surface area (TPSA) is 75.6 Å². The molecule has 0 aliphatic heterocycles. The Balaban J connectivity index is 2.42. The van der Waals surface area contributed by atoms with E-state index in [9.17, 15) is 9.59 Å². The molecular formula is C16H23NO4. The summed E-state index contributed by atoms with van der Waals surface area (Å²) < 4.78 is 5.64.